The van der Waals surface area contributed by atoms with Crippen LogP contribution in [-0.2, 0) is 19.1 Å². The zero-order chi connectivity index (χ0) is 25.2. The van der Waals surface area contributed by atoms with E-state index < -0.39 is 61.2 Å². The van der Waals surface area contributed by atoms with E-state index in [0.717, 1.165) is 0 Å². The molecule has 6 unspecified atom stereocenters. The summed E-state index contributed by atoms with van der Waals surface area (Å²) in [5, 5.41) is 38.8. The first-order chi connectivity index (χ1) is 15.9. The molecule has 1 saturated heterocycles. The lowest BCUT2D eigenvalue weighted by Crippen LogP contribution is -2.60. The van der Waals surface area contributed by atoms with Gasteiger partial charge in [-0.15, -0.1) is 0 Å². The topological polar surface area (TPSA) is 151 Å². The maximum Gasteiger partial charge on any atom is 0.335 e. The smallest absolute Gasteiger partial charge is 0.335 e. The molecule has 1 fully saturated rings. The minimum atomic E-state index is -2.96. The van der Waals surface area contributed by atoms with Gasteiger partial charge in [0.2, 0.25) is 6.29 Å². The van der Waals surface area contributed by atoms with Gasteiger partial charge in [-0.05, 0) is 18.5 Å². The minimum Gasteiger partial charge on any atom is -0.479 e. The number of carboxylic acid groups (broad SMARTS) is 1. The van der Waals surface area contributed by atoms with Crippen molar-refractivity contribution in [2.75, 3.05) is 0 Å². The number of carbonyl (C=O) groups excluding carboxylic acids is 2. The number of aliphatic hydroxyl groups is 3. The molecule has 0 amide bonds. The Balaban J connectivity index is 1.89. The third kappa shape index (κ3) is 4.80. The van der Waals surface area contributed by atoms with Crippen molar-refractivity contribution in [1.82, 2.24) is 0 Å². The maximum atomic E-state index is 12.9. The number of ether oxygens (including phenoxy) is 2. The summed E-state index contributed by atoms with van der Waals surface area (Å²) < 4.78 is 33.3. The fourth-order valence-electron chi connectivity index (χ4n) is 3.08. The van der Waals surface area contributed by atoms with E-state index in [2.05, 4.69) is 0 Å². The number of carboxylic acids is 1. The van der Waals surface area contributed by atoms with Gasteiger partial charge in [0, 0.05) is 15.2 Å². The van der Waals surface area contributed by atoms with Gasteiger partial charge in [-0.2, -0.15) is 0 Å². The van der Waals surface area contributed by atoms with Crippen molar-refractivity contribution in [2.24, 2.45) is 0 Å². The number of hydrogen-bond donors (Lipinski definition) is 4. The third-order valence-electron chi connectivity index (χ3n) is 4.80. The molecular formula is C22H22O9. The SMILES string of the molecule is [2H]C([2H])([2H])C(C(=O)OC1OC(C(=O)O)C(O)C(O)C1O)c1cccc(C(=O)c2ccccc2)c1. The highest BCUT2D eigenvalue weighted by atomic mass is 16.7. The van der Waals surface area contributed by atoms with Crippen LogP contribution < -0.4 is 0 Å². The highest BCUT2D eigenvalue weighted by molar-refractivity contribution is 6.09. The average Bonchev–Trinajstić information content (AvgIpc) is 2.78. The molecule has 1 aliphatic rings. The number of ketones is 1. The molecule has 31 heavy (non-hydrogen) atoms. The Morgan fingerprint density at radius 2 is 1.65 bits per heavy atom. The van der Waals surface area contributed by atoms with E-state index in [1.54, 1.807) is 30.3 Å². The van der Waals surface area contributed by atoms with Gasteiger partial charge in [-0.3, -0.25) is 9.59 Å². The van der Waals surface area contributed by atoms with E-state index >= 15 is 0 Å². The Bertz CT molecular complexity index is 1060. The quantitative estimate of drug-likeness (QED) is 0.376. The number of benzene rings is 2. The van der Waals surface area contributed by atoms with Crippen molar-refractivity contribution in [3.8, 4) is 0 Å². The Hall–Kier alpha value is -3.11. The fraction of sp³-hybridized carbons (Fsp3) is 0.318. The monoisotopic (exact) mass is 433 g/mol. The molecule has 1 heterocycles. The Morgan fingerprint density at radius 1 is 0.968 bits per heavy atom. The van der Waals surface area contributed by atoms with Gasteiger partial charge in [0.25, 0.3) is 0 Å². The van der Waals surface area contributed by atoms with Gasteiger partial charge in [0.1, 0.15) is 18.3 Å². The fourth-order valence-corrected chi connectivity index (χ4v) is 3.08. The molecular weight excluding hydrogens is 408 g/mol. The third-order valence-corrected chi connectivity index (χ3v) is 4.80. The van der Waals surface area contributed by atoms with Crippen molar-refractivity contribution in [3.05, 3.63) is 71.3 Å². The maximum absolute atomic E-state index is 12.9. The van der Waals surface area contributed by atoms with Crippen molar-refractivity contribution in [3.63, 3.8) is 0 Å². The molecule has 0 radical (unpaired) electrons. The van der Waals surface area contributed by atoms with Crippen LogP contribution in [0.3, 0.4) is 0 Å². The lowest BCUT2D eigenvalue weighted by Gasteiger charge is -2.38. The number of hydrogen-bond acceptors (Lipinski definition) is 8. The molecule has 0 aliphatic carbocycles. The van der Waals surface area contributed by atoms with E-state index in [1.807, 2.05) is 0 Å². The number of aliphatic carboxylic acids is 1. The lowest BCUT2D eigenvalue weighted by atomic mass is 9.95. The van der Waals surface area contributed by atoms with Crippen LogP contribution in [0.15, 0.2) is 54.6 Å². The van der Waals surface area contributed by atoms with Crippen molar-refractivity contribution < 1.29 is 48.4 Å². The molecule has 0 spiro atoms. The first-order valence-electron chi connectivity index (χ1n) is 10.7. The highest BCUT2D eigenvalue weighted by Gasteiger charge is 2.48. The largest absolute Gasteiger partial charge is 0.479 e. The second-order valence-electron chi connectivity index (χ2n) is 6.93. The van der Waals surface area contributed by atoms with Crippen molar-refractivity contribution in [1.29, 1.82) is 0 Å². The van der Waals surface area contributed by atoms with Crippen LogP contribution in [0.2, 0.25) is 0 Å². The summed E-state index contributed by atoms with van der Waals surface area (Å²) in [6, 6.07) is 13.6. The Kier molecular flexibility index (Phi) is 5.63. The summed E-state index contributed by atoms with van der Waals surface area (Å²) in [7, 11) is 0. The summed E-state index contributed by atoms with van der Waals surface area (Å²) >= 11 is 0. The second-order valence-corrected chi connectivity index (χ2v) is 6.93. The normalized spacial score (nSPS) is 28.5. The number of rotatable bonds is 6. The number of carbonyl (C=O) groups is 3. The van der Waals surface area contributed by atoms with E-state index in [0.29, 0.717) is 5.56 Å². The van der Waals surface area contributed by atoms with Gasteiger partial charge in [-0.1, -0.05) is 48.5 Å². The molecule has 0 bridgehead atoms. The predicted molar refractivity (Wildman–Crippen MR) is 105 cm³/mol. The summed E-state index contributed by atoms with van der Waals surface area (Å²) in [4.78, 5) is 36.9. The summed E-state index contributed by atoms with van der Waals surface area (Å²) in [6.45, 7) is -2.96. The van der Waals surface area contributed by atoms with Crippen LogP contribution in [0.1, 0.15) is 38.4 Å². The van der Waals surface area contributed by atoms with Crippen LogP contribution in [0.25, 0.3) is 0 Å². The Labute approximate surface area is 181 Å². The van der Waals surface area contributed by atoms with Crippen LogP contribution in [0.4, 0.5) is 0 Å². The van der Waals surface area contributed by atoms with Gasteiger partial charge in [0.15, 0.2) is 11.9 Å². The molecule has 3 rings (SSSR count). The summed E-state index contributed by atoms with van der Waals surface area (Å²) in [5.74, 6) is -5.45. The first kappa shape index (κ1) is 18.6. The van der Waals surface area contributed by atoms with E-state index in [4.69, 9.17) is 18.7 Å². The predicted octanol–water partition coefficient (Wildman–Crippen LogP) is 0.456. The van der Waals surface area contributed by atoms with Crippen molar-refractivity contribution >= 4 is 17.7 Å². The molecule has 2 aromatic carbocycles. The zero-order valence-corrected chi connectivity index (χ0v) is 16.0. The van der Waals surface area contributed by atoms with Gasteiger partial charge in [0.05, 0.1) is 5.92 Å². The van der Waals surface area contributed by atoms with Crippen LogP contribution in [0.5, 0.6) is 0 Å². The van der Waals surface area contributed by atoms with Gasteiger partial charge in [-0.25, -0.2) is 4.79 Å². The molecule has 164 valence electrons. The first-order valence-corrected chi connectivity index (χ1v) is 9.24. The summed E-state index contributed by atoms with van der Waals surface area (Å²) in [5.41, 5.74) is 0.371. The van der Waals surface area contributed by atoms with Gasteiger partial charge >= 0.3 is 11.9 Å². The molecule has 1 aliphatic heterocycles. The second kappa shape index (κ2) is 9.36. The van der Waals surface area contributed by atoms with E-state index in [9.17, 15) is 29.7 Å². The molecule has 2 aromatic rings. The average molecular weight is 433 g/mol. The van der Waals surface area contributed by atoms with Gasteiger partial charge < -0.3 is 29.9 Å². The number of aliphatic hydroxyl groups excluding tert-OH is 3. The van der Waals surface area contributed by atoms with E-state index in [-0.39, 0.29) is 11.1 Å². The highest BCUT2D eigenvalue weighted by Crippen LogP contribution is 2.26. The summed E-state index contributed by atoms with van der Waals surface area (Å²) in [6.07, 6.45) is -10.2. The standard InChI is InChI=1S/C22H22O9/c1-11(13-8-5-9-14(10-13)15(23)12-6-3-2-4-7-12)21(29)31-22-18(26)16(24)17(25)19(30-22)20(27)28/h2-11,16-19,22,24-26H,1H3,(H,27,28)/i1D3. The molecule has 4 N–H and O–H groups in total. The van der Waals surface area contributed by atoms with Crippen molar-refractivity contribution in [2.45, 2.75) is 43.5 Å². The molecule has 0 aromatic heterocycles. The van der Waals surface area contributed by atoms with E-state index in [1.165, 1.54) is 24.3 Å². The number of esters is 1. The molecule has 0 saturated carbocycles. The lowest BCUT2D eigenvalue weighted by molar-refractivity contribution is -0.286. The Morgan fingerprint density at radius 3 is 2.29 bits per heavy atom. The van der Waals surface area contributed by atoms with Crippen LogP contribution >= 0.6 is 0 Å². The molecule has 6 atom stereocenters. The molecule has 9 nitrogen and oxygen atoms in total. The van der Waals surface area contributed by atoms with Crippen LogP contribution in [0, 0.1) is 0 Å². The zero-order valence-electron chi connectivity index (χ0n) is 19.0. The minimum absolute atomic E-state index is 0.0903. The molecule has 9 heteroatoms. The van der Waals surface area contributed by atoms with Crippen LogP contribution in [-0.4, -0.2) is 68.9 Å².